The highest BCUT2D eigenvalue weighted by Crippen LogP contribution is 2.26. The Morgan fingerprint density at radius 1 is 1.50 bits per heavy atom. The van der Waals surface area contributed by atoms with Crippen LogP contribution in [0.4, 0.5) is 0 Å². The van der Waals surface area contributed by atoms with Crippen LogP contribution in [-0.2, 0) is 4.74 Å². The van der Waals surface area contributed by atoms with Crippen LogP contribution in [0, 0.1) is 0 Å². The Morgan fingerprint density at radius 2 is 2.40 bits per heavy atom. The van der Waals surface area contributed by atoms with E-state index in [0.29, 0.717) is 12.3 Å². The summed E-state index contributed by atoms with van der Waals surface area (Å²) in [7, 11) is 0. The molecule has 3 rings (SSSR count). The molecule has 104 valence electrons. The molecule has 0 aliphatic carbocycles. The summed E-state index contributed by atoms with van der Waals surface area (Å²) >= 11 is 0. The van der Waals surface area contributed by atoms with Gasteiger partial charge in [-0.05, 0) is 37.6 Å². The predicted molar refractivity (Wildman–Crippen MR) is 77.5 cm³/mol. The molecule has 3 heterocycles. The van der Waals surface area contributed by atoms with Crippen LogP contribution in [0.25, 0.3) is 16.5 Å². The number of carbonyl (C=O) groups is 1. The smallest absolute Gasteiger partial charge is 0.354 e. The van der Waals surface area contributed by atoms with Crippen molar-refractivity contribution in [2.24, 2.45) is 0 Å². The molecular formula is C15H17N3O2. The van der Waals surface area contributed by atoms with Crippen LogP contribution in [0.5, 0.6) is 0 Å². The molecule has 0 amide bonds. The Kier molecular flexibility index (Phi) is 3.52. The number of nitrogens with one attached hydrogen (secondary N) is 2. The Morgan fingerprint density at radius 3 is 3.15 bits per heavy atom. The van der Waals surface area contributed by atoms with Crippen LogP contribution in [-0.4, -0.2) is 35.6 Å². The third kappa shape index (κ3) is 2.32. The van der Waals surface area contributed by atoms with Gasteiger partial charge in [0.2, 0.25) is 0 Å². The van der Waals surface area contributed by atoms with Gasteiger partial charge < -0.3 is 15.0 Å². The standard InChI is InChI=1S/C15H17N3O2/c1-2-20-15(19)12-9-11-5-8-17-13(14(11)18-12)10-3-6-16-7-4-10/h3,5,8-9,16,18H,2,4,6-7H2,1H3. The molecule has 0 spiro atoms. The van der Waals surface area contributed by atoms with Crippen molar-refractivity contribution in [1.82, 2.24) is 15.3 Å². The SMILES string of the molecule is CCOC(=O)c1cc2ccnc(C3=CCNCC3)c2[nH]1. The third-order valence-electron chi connectivity index (χ3n) is 3.41. The first-order valence-electron chi connectivity index (χ1n) is 6.84. The third-order valence-corrected chi connectivity index (χ3v) is 3.41. The number of rotatable bonds is 3. The highest BCUT2D eigenvalue weighted by atomic mass is 16.5. The average Bonchev–Trinajstić information content (AvgIpc) is 2.92. The van der Waals surface area contributed by atoms with Gasteiger partial charge in [-0.15, -0.1) is 0 Å². The second-order valence-corrected chi connectivity index (χ2v) is 4.71. The first-order chi connectivity index (χ1) is 9.79. The van der Waals surface area contributed by atoms with E-state index >= 15 is 0 Å². The normalized spacial score (nSPS) is 15.2. The van der Waals surface area contributed by atoms with Gasteiger partial charge in [-0.1, -0.05) is 6.08 Å². The molecule has 20 heavy (non-hydrogen) atoms. The fraction of sp³-hybridized carbons (Fsp3) is 0.333. The summed E-state index contributed by atoms with van der Waals surface area (Å²) in [5.74, 6) is -0.325. The lowest BCUT2D eigenvalue weighted by Crippen LogP contribution is -2.20. The van der Waals surface area contributed by atoms with Crippen molar-refractivity contribution in [3.8, 4) is 0 Å². The summed E-state index contributed by atoms with van der Waals surface area (Å²) in [6.07, 6.45) is 4.87. The average molecular weight is 271 g/mol. The molecule has 5 nitrogen and oxygen atoms in total. The number of aromatic amines is 1. The number of H-pyrrole nitrogens is 1. The fourth-order valence-corrected chi connectivity index (χ4v) is 2.45. The van der Waals surface area contributed by atoms with Gasteiger partial charge in [-0.2, -0.15) is 0 Å². The van der Waals surface area contributed by atoms with E-state index in [-0.39, 0.29) is 5.97 Å². The lowest BCUT2D eigenvalue weighted by atomic mass is 10.0. The van der Waals surface area contributed by atoms with Gasteiger partial charge in [0.1, 0.15) is 5.69 Å². The van der Waals surface area contributed by atoms with Gasteiger partial charge in [-0.25, -0.2) is 4.79 Å². The molecule has 2 aromatic heterocycles. The topological polar surface area (TPSA) is 67.0 Å². The summed E-state index contributed by atoms with van der Waals surface area (Å²) in [6.45, 7) is 3.98. The quantitative estimate of drug-likeness (QED) is 0.839. The molecule has 1 aliphatic heterocycles. The second kappa shape index (κ2) is 5.46. The van der Waals surface area contributed by atoms with Gasteiger partial charge in [0.25, 0.3) is 0 Å². The number of ether oxygens (including phenoxy) is 1. The molecule has 2 N–H and O–H groups in total. The number of hydrogen-bond donors (Lipinski definition) is 2. The molecule has 1 aliphatic rings. The van der Waals surface area contributed by atoms with Crippen molar-refractivity contribution in [2.75, 3.05) is 19.7 Å². The van der Waals surface area contributed by atoms with E-state index in [1.165, 1.54) is 5.57 Å². The molecule has 0 saturated heterocycles. The maximum absolute atomic E-state index is 11.8. The van der Waals surface area contributed by atoms with Crippen LogP contribution >= 0.6 is 0 Å². The van der Waals surface area contributed by atoms with Gasteiger partial charge >= 0.3 is 5.97 Å². The minimum Gasteiger partial charge on any atom is -0.461 e. The molecule has 0 bridgehead atoms. The van der Waals surface area contributed by atoms with E-state index in [4.69, 9.17) is 4.74 Å². The van der Waals surface area contributed by atoms with Crippen LogP contribution < -0.4 is 5.32 Å². The predicted octanol–water partition coefficient (Wildman–Crippen LogP) is 2.12. The van der Waals surface area contributed by atoms with Crippen LogP contribution in [0.2, 0.25) is 0 Å². The van der Waals surface area contributed by atoms with Crippen molar-refractivity contribution in [2.45, 2.75) is 13.3 Å². The zero-order valence-electron chi connectivity index (χ0n) is 11.4. The lowest BCUT2D eigenvalue weighted by Gasteiger charge is -2.13. The molecule has 0 saturated carbocycles. The van der Waals surface area contributed by atoms with E-state index in [1.807, 2.05) is 12.1 Å². The lowest BCUT2D eigenvalue weighted by molar-refractivity contribution is 0.0520. The number of fused-ring (bicyclic) bond motifs is 1. The largest absolute Gasteiger partial charge is 0.461 e. The summed E-state index contributed by atoms with van der Waals surface area (Å²) in [5, 5.41) is 4.27. The number of pyridine rings is 1. The molecule has 0 aromatic carbocycles. The molecule has 0 unspecified atom stereocenters. The van der Waals surface area contributed by atoms with Crippen LogP contribution in [0.15, 0.2) is 24.4 Å². The van der Waals surface area contributed by atoms with Crippen LogP contribution in [0.3, 0.4) is 0 Å². The van der Waals surface area contributed by atoms with Gasteiger partial charge in [0.05, 0.1) is 17.8 Å². The van der Waals surface area contributed by atoms with Crippen LogP contribution in [0.1, 0.15) is 29.5 Å². The maximum atomic E-state index is 11.8. The monoisotopic (exact) mass is 271 g/mol. The first kappa shape index (κ1) is 12.9. The number of aromatic nitrogens is 2. The van der Waals surface area contributed by atoms with Gasteiger partial charge in [0, 0.05) is 18.1 Å². The van der Waals surface area contributed by atoms with Crippen molar-refractivity contribution in [3.63, 3.8) is 0 Å². The second-order valence-electron chi connectivity index (χ2n) is 4.71. The minimum atomic E-state index is -0.325. The van der Waals surface area contributed by atoms with Crippen molar-refractivity contribution < 1.29 is 9.53 Å². The zero-order chi connectivity index (χ0) is 13.9. The van der Waals surface area contributed by atoms with Crippen molar-refractivity contribution in [1.29, 1.82) is 0 Å². The summed E-state index contributed by atoms with van der Waals surface area (Å²) in [5.41, 5.74) is 3.53. The van der Waals surface area contributed by atoms with Gasteiger partial charge in [0.15, 0.2) is 0 Å². The first-order valence-corrected chi connectivity index (χ1v) is 6.84. The fourth-order valence-electron chi connectivity index (χ4n) is 2.45. The zero-order valence-corrected chi connectivity index (χ0v) is 11.4. The summed E-state index contributed by atoms with van der Waals surface area (Å²) in [6, 6.07) is 3.72. The maximum Gasteiger partial charge on any atom is 0.354 e. The van der Waals surface area contributed by atoms with E-state index < -0.39 is 0 Å². The summed E-state index contributed by atoms with van der Waals surface area (Å²) in [4.78, 5) is 19.4. The Labute approximate surface area is 117 Å². The molecular weight excluding hydrogens is 254 g/mol. The minimum absolute atomic E-state index is 0.325. The Balaban J connectivity index is 2.05. The summed E-state index contributed by atoms with van der Waals surface area (Å²) < 4.78 is 5.03. The van der Waals surface area contributed by atoms with E-state index in [9.17, 15) is 4.79 Å². The highest BCUT2D eigenvalue weighted by molar-refractivity contribution is 5.98. The van der Waals surface area contributed by atoms with E-state index in [2.05, 4.69) is 21.4 Å². The molecule has 2 aromatic rings. The number of nitrogens with zero attached hydrogens (tertiary/aromatic N) is 1. The molecule has 0 fully saturated rings. The molecule has 0 radical (unpaired) electrons. The van der Waals surface area contributed by atoms with E-state index in [0.717, 1.165) is 36.1 Å². The van der Waals surface area contributed by atoms with Gasteiger partial charge in [-0.3, -0.25) is 4.98 Å². The number of hydrogen-bond acceptors (Lipinski definition) is 4. The molecule has 5 heteroatoms. The van der Waals surface area contributed by atoms with E-state index in [1.54, 1.807) is 13.1 Å². The molecule has 0 atom stereocenters. The Hall–Kier alpha value is -2.14. The number of esters is 1. The van der Waals surface area contributed by atoms with Crippen molar-refractivity contribution in [3.05, 3.63) is 35.8 Å². The van der Waals surface area contributed by atoms with Crippen molar-refractivity contribution >= 4 is 22.4 Å². The highest BCUT2D eigenvalue weighted by Gasteiger charge is 2.15. The number of carbonyl (C=O) groups excluding carboxylic acids is 1. The Bertz CT molecular complexity index is 673.